The summed E-state index contributed by atoms with van der Waals surface area (Å²) in [6, 6.07) is 1.45. The Kier molecular flexibility index (Phi) is 1.92. The first kappa shape index (κ1) is 8.77. The normalized spacial score (nSPS) is 15.2. The summed E-state index contributed by atoms with van der Waals surface area (Å²) in [4.78, 5) is 3.68. The molecule has 2 rings (SSSR count). The lowest BCUT2D eigenvalue weighted by Crippen LogP contribution is -1.95. The maximum atomic E-state index is 10.9. The van der Waals surface area contributed by atoms with Crippen LogP contribution in [0.1, 0.15) is 5.56 Å². The van der Waals surface area contributed by atoms with Gasteiger partial charge in [0.1, 0.15) is 5.75 Å². The van der Waals surface area contributed by atoms with Crippen molar-refractivity contribution in [2.24, 2.45) is 0 Å². The SMILES string of the molecule is O=S(=O)(Cl)c1cc2c(cn1)OCC2. The van der Waals surface area contributed by atoms with Crippen molar-refractivity contribution < 1.29 is 13.2 Å². The Hall–Kier alpha value is -0.810. The van der Waals surface area contributed by atoms with Gasteiger partial charge in [0.05, 0.1) is 12.8 Å². The Bertz CT molecular complexity index is 443. The van der Waals surface area contributed by atoms with Gasteiger partial charge in [0.2, 0.25) is 0 Å². The summed E-state index contributed by atoms with van der Waals surface area (Å²) < 4.78 is 27.0. The van der Waals surface area contributed by atoms with Crippen LogP contribution in [-0.4, -0.2) is 20.0 Å². The average molecular weight is 220 g/mol. The molecule has 0 bridgehead atoms. The highest BCUT2D eigenvalue weighted by Gasteiger charge is 2.18. The molecule has 0 unspecified atom stereocenters. The molecule has 4 nitrogen and oxygen atoms in total. The van der Waals surface area contributed by atoms with Gasteiger partial charge in [-0.2, -0.15) is 0 Å². The second-order valence-electron chi connectivity index (χ2n) is 2.67. The fraction of sp³-hybridized carbons (Fsp3) is 0.286. The summed E-state index contributed by atoms with van der Waals surface area (Å²) in [6.45, 7) is 0.572. The molecule has 1 aliphatic heterocycles. The first-order chi connectivity index (χ1) is 6.07. The van der Waals surface area contributed by atoms with Crippen molar-refractivity contribution in [3.8, 4) is 5.75 Å². The first-order valence-electron chi connectivity index (χ1n) is 3.64. The Labute approximate surface area is 79.9 Å². The molecule has 0 radical (unpaired) electrons. The molecule has 13 heavy (non-hydrogen) atoms. The molecule has 0 aliphatic carbocycles. The van der Waals surface area contributed by atoms with Crippen LogP contribution in [0.4, 0.5) is 0 Å². The van der Waals surface area contributed by atoms with E-state index >= 15 is 0 Å². The van der Waals surface area contributed by atoms with Crippen LogP contribution in [0.15, 0.2) is 17.3 Å². The van der Waals surface area contributed by atoms with E-state index in [9.17, 15) is 8.42 Å². The Morgan fingerprint density at radius 2 is 2.31 bits per heavy atom. The van der Waals surface area contributed by atoms with Gasteiger partial charge in [-0.3, -0.25) is 0 Å². The van der Waals surface area contributed by atoms with Gasteiger partial charge in [0.15, 0.2) is 5.03 Å². The highest BCUT2D eigenvalue weighted by molar-refractivity contribution is 8.13. The quantitative estimate of drug-likeness (QED) is 0.660. The number of pyridine rings is 1. The third-order valence-electron chi connectivity index (χ3n) is 1.80. The predicted octanol–water partition coefficient (Wildman–Crippen LogP) is 0.944. The van der Waals surface area contributed by atoms with Crippen LogP contribution >= 0.6 is 10.7 Å². The molecule has 0 aromatic carbocycles. The molecule has 2 heterocycles. The van der Waals surface area contributed by atoms with Gasteiger partial charge in [-0.05, 0) is 6.07 Å². The van der Waals surface area contributed by atoms with Crippen molar-refractivity contribution in [3.05, 3.63) is 17.8 Å². The molecular weight excluding hydrogens is 214 g/mol. The largest absolute Gasteiger partial charge is 0.491 e. The zero-order valence-electron chi connectivity index (χ0n) is 6.53. The lowest BCUT2D eigenvalue weighted by molar-refractivity contribution is 0.355. The van der Waals surface area contributed by atoms with Crippen molar-refractivity contribution in [1.29, 1.82) is 0 Å². The zero-order chi connectivity index (χ0) is 9.47. The molecule has 0 saturated carbocycles. The fourth-order valence-corrected chi connectivity index (χ4v) is 1.91. The van der Waals surface area contributed by atoms with E-state index in [1.54, 1.807) is 0 Å². The third-order valence-corrected chi connectivity index (χ3v) is 3.00. The number of hydrogen-bond donors (Lipinski definition) is 0. The van der Waals surface area contributed by atoms with Gasteiger partial charge in [-0.25, -0.2) is 13.4 Å². The second-order valence-corrected chi connectivity index (χ2v) is 5.18. The number of nitrogens with zero attached hydrogens (tertiary/aromatic N) is 1. The van der Waals surface area contributed by atoms with Crippen LogP contribution < -0.4 is 4.74 Å². The van der Waals surface area contributed by atoms with E-state index in [2.05, 4.69) is 4.98 Å². The van der Waals surface area contributed by atoms with E-state index in [1.807, 2.05) is 0 Å². The Balaban J connectivity index is 2.54. The van der Waals surface area contributed by atoms with Crippen LogP contribution in [0.3, 0.4) is 0 Å². The molecule has 0 spiro atoms. The van der Waals surface area contributed by atoms with E-state index in [4.69, 9.17) is 15.4 Å². The average Bonchev–Trinajstić information content (AvgIpc) is 2.47. The maximum absolute atomic E-state index is 10.9. The minimum Gasteiger partial charge on any atom is -0.491 e. The molecule has 0 fully saturated rings. The van der Waals surface area contributed by atoms with Crippen LogP contribution in [0, 0.1) is 0 Å². The number of halogens is 1. The smallest absolute Gasteiger partial charge is 0.278 e. The van der Waals surface area contributed by atoms with E-state index in [0.29, 0.717) is 18.8 Å². The van der Waals surface area contributed by atoms with Crippen LogP contribution in [0.5, 0.6) is 5.75 Å². The standard InChI is InChI=1S/C7H6ClNO3S/c8-13(10,11)7-3-5-1-2-12-6(5)4-9-7/h3-4H,1-2H2. The highest BCUT2D eigenvalue weighted by atomic mass is 35.7. The van der Waals surface area contributed by atoms with Gasteiger partial charge < -0.3 is 4.74 Å². The molecule has 1 aromatic rings. The lowest BCUT2D eigenvalue weighted by Gasteiger charge is -1.98. The van der Waals surface area contributed by atoms with E-state index in [0.717, 1.165) is 5.56 Å². The van der Waals surface area contributed by atoms with Crippen molar-refractivity contribution in [3.63, 3.8) is 0 Å². The van der Waals surface area contributed by atoms with Gasteiger partial charge in [-0.1, -0.05) is 0 Å². The molecule has 0 saturated heterocycles. The predicted molar refractivity (Wildman–Crippen MR) is 46.5 cm³/mol. The molecule has 0 atom stereocenters. The summed E-state index contributed by atoms with van der Waals surface area (Å²) >= 11 is 0. The van der Waals surface area contributed by atoms with Crippen molar-refractivity contribution >= 4 is 19.7 Å². The van der Waals surface area contributed by atoms with Crippen molar-refractivity contribution in [2.45, 2.75) is 11.4 Å². The first-order valence-corrected chi connectivity index (χ1v) is 5.95. The maximum Gasteiger partial charge on any atom is 0.278 e. The lowest BCUT2D eigenvalue weighted by atomic mass is 10.2. The monoisotopic (exact) mass is 219 g/mol. The van der Waals surface area contributed by atoms with E-state index < -0.39 is 9.05 Å². The molecule has 70 valence electrons. The fourth-order valence-electron chi connectivity index (χ4n) is 1.19. The third kappa shape index (κ3) is 1.62. The molecular formula is C7H6ClNO3S. The van der Waals surface area contributed by atoms with Gasteiger partial charge in [0.25, 0.3) is 9.05 Å². The Morgan fingerprint density at radius 3 is 3.00 bits per heavy atom. The van der Waals surface area contributed by atoms with E-state index in [-0.39, 0.29) is 5.03 Å². The van der Waals surface area contributed by atoms with Crippen molar-refractivity contribution in [2.75, 3.05) is 6.61 Å². The van der Waals surface area contributed by atoms with Crippen LogP contribution in [0.2, 0.25) is 0 Å². The van der Waals surface area contributed by atoms with Gasteiger partial charge in [-0.15, -0.1) is 0 Å². The Morgan fingerprint density at radius 1 is 1.54 bits per heavy atom. The molecule has 1 aliphatic rings. The van der Waals surface area contributed by atoms with Gasteiger partial charge in [0, 0.05) is 22.7 Å². The number of aromatic nitrogens is 1. The van der Waals surface area contributed by atoms with Crippen molar-refractivity contribution in [1.82, 2.24) is 4.98 Å². The second kappa shape index (κ2) is 2.85. The van der Waals surface area contributed by atoms with Crippen LogP contribution in [-0.2, 0) is 15.5 Å². The number of fused-ring (bicyclic) bond motifs is 1. The minimum absolute atomic E-state index is 0.113. The molecule has 6 heteroatoms. The van der Waals surface area contributed by atoms with E-state index in [1.165, 1.54) is 12.3 Å². The summed E-state index contributed by atoms with van der Waals surface area (Å²) in [6.07, 6.45) is 2.09. The molecule has 0 amide bonds. The van der Waals surface area contributed by atoms with Gasteiger partial charge >= 0.3 is 0 Å². The summed E-state index contributed by atoms with van der Waals surface area (Å²) in [5, 5.41) is -0.113. The number of hydrogen-bond acceptors (Lipinski definition) is 4. The molecule has 1 aromatic heterocycles. The topological polar surface area (TPSA) is 56.3 Å². The van der Waals surface area contributed by atoms with Crippen LogP contribution in [0.25, 0.3) is 0 Å². The zero-order valence-corrected chi connectivity index (χ0v) is 8.10. The summed E-state index contributed by atoms with van der Waals surface area (Å²) in [7, 11) is 1.41. The summed E-state index contributed by atoms with van der Waals surface area (Å²) in [5.74, 6) is 0.643. The highest BCUT2D eigenvalue weighted by Crippen LogP contribution is 2.26. The molecule has 0 N–H and O–H groups in total. The number of ether oxygens (including phenoxy) is 1. The minimum atomic E-state index is -3.72. The summed E-state index contributed by atoms with van der Waals surface area (Å²) in [5.41, 5.74) is 0.842. The number of rotatable bonds is 1.